The molecular weight excluding hydrogens is 322 g/mol. The van der Waals surface area contributed by atoms with Crippen molar-refractivity contribution in [3.63, 3.8) is 0 Å². The molecule has 1 unspecified atom stereocenters. The molecule has 1 aromatic heterocycles. The first-order chi connectivity index (χ1) is 12.8. The minimum Gasteiger partial charge on any atom is -0.354 e. The summed E-state index contributed by atoms with van der Waals surface area (Å²) in [4.78, 5) is 17.2. The highest BCUT2D eigenvalue weighted by atomic mass is 15.3. The summed E-state index contributed by atoms with van der Waals surface area (Å²) in [5.41, 5.74) is 2.69. The van der Waals surface area contributed by atoms with E-state index in [2.05, 4.69) is 33.5 Å². The van der Waals surface area contributed by atoms with E-state index in [-0.39, 0.29) is 0 Å². The first kappa shape index (κ1) is 18.2. The van der Waals surface area contributed by atoms with E-state index >= 15 is 0 Å². The van der Waals surface area contributed by atoms with Crippen molar-refractivity contribution < 1.29 is 0 Å². The lowest BCUT2D eigenvalue weighted by Crippen LogP contribution is -2.52. The predicted octanol–water partition coefficient (Wildman–Crippen LogP) is 3.09. The molecule has 1 saturated heterocycles. The summed E-state index contributed by atoms with van der Waals surface area (Å²) in [6, 6.07) is 1.53. The van der Waals surface area contributed by atoms with Crippen molar-refractivity contribution in [2.45, 2.75) is 77.4 Å². The maximum absolute atomic E-state index is 4.72. The first-order valence-electron chi connectivity index (χ1n) is 10.8. The maximum Gasteiger partial charge on any atom is 0.135 e. The number of rotatable bonds is 6. The van der Waals surface area contributed by atoms with Crippen LogP contribution in [0.2, 0.25) is 0 Å². The van der Waals surface area contributed by atoms with Crippen LogP contribution >= 0.6 is 0 Å². The Hall–Kier alpha value is -1.20. The van der Waals surface area contributed by atoms with E-state index in [1.807, 2.05) is 0 Å². The third-order valence-electron chi connectivity index (χ3n) is 6.82. The summed E-state index contributed by atoms with van der Waals surface area (Å²) < 4.78 is 0. The third-order valence-corrected chi connectivity index (χ3v) is 6.82. The van der Waals surface area contributed by atoms with Gasteiger partial charge < -0.3 is 4.90 Å². The van der Waals surface area contributed by atoms with E-state index in [4.69, 9.17) is 4.98 Å². The molecule has 0 spiro atoms. The monoisotopic (exact) mass is 357 g/mol. The molecule has 144 valence electrons. The minimum absolute atomic E-state index is 0.660. The molecule has 0 bridgehead atoms. The molecule has 2 aliphatic heterocycles. The second-order valence-corrected chi connectivity index (χ2v) is 8.44. The summed E-state index contributed by atoms with van der Waals surface area (Å²) in [5, 5.41) is 0. The number of unbranched alkanes of at least 4 members (excludes halogenated alkanes) is 1. The number of hydrogen-bond donors (Lipinski definition) is 0. The van der Waals surface area contributed by atoms with Gasteiger partial charge in [-0.3, -0.25) is 9.80 Å². The van der Waals surface area contributed by atoms with Crippen LogP contribution in [0.25, 0.3) is 0 Å². The third kappa shape index (κ3) is 3.74. The number of aromatic nitrogens is 2. The summed E-state index contributed by atoms with van der Waals surface area (Å²) in [5.74, 6) is 1.23. The highest BCUT2D eigenvalue weighted by molar-refractivity contribution is 5.50. The van der Waals surface area contributed by atoms with E-state index in [9.17, 15) is 0 Å². The van der Waals surface area contributed by atoms with Crippen LogP contribution in [-0.2, 0) is 13.0 Å². The molecule has 26 heavy (non-hydrogen) atoms. The van der Waals surface area contributed by atoms with Crippen LogP contribution in [0.1, 0.15) is 63.6 Å². The standard InChI is InChI=1S/C21H35N5/c1-3-4-6-17(2)26-10-9-19-20(15-26)22-16-23-21(19)25-13-11-24(12-14-25)18-7-5-8-18/h16-18H,3-15H2,1-2H3. The summed E-state index contributed by atoms with van der Waals surface area (Å²) >= 11 is 0. The van der Waals surface area contributed by atoms with Crippen LogP contribution in [0.4, 0.5) is 5.82 Å². The normalized spacial score (nSPS) is 23.5. The van der Waals surface area contributed by atoms with Crippen LogP contribution < -0.4 is 4.90 Å². The molecular formula is C21H35N5. The minimum atomic E-state index is 0.660. The number of fused-ring (bicyclic) bond motifs is 1. The van der Waals surface area contributed by atoms with Gasteiger partial charge in [0.1, 0.15) is 12.1 Å². The molecule has 5 nitrogen and oxygen atoms in total. The zero-order chi connectivity index (χ0) is 17.9. The lowest BCUT2D eigenvalue weighted by atomic mass is 9.91. The van der Waals surface area contributed by atoms with Crippen LogP contribution in [0.15, 0.2) is 6.33 Å². The lowest BCUT2D eigenvalue weighted by Gasteiger charge is -2.44. The van der Waals surface area contributed by atoms with Crippen molar-refractivity contribution in [1.82, 2.24) is 19.8 Å². The molecule has 0 amide bonds. The molecule has 4 rings (SSSR count). The Labute approximate surface area is 158 Å². The van der Waals surface area contributed by atoms with Gasteiger partial charge in [0, 0.05) is 56.9 Å². The Morgan fingerprint density at radius 2 is 1.92 bits per heavy atom. The number of piperazine rings is 1. The highest BCUT2D eigenvalue weighted by Crippen LogP contribution is 2.30. The Kier molecular flexibility index (Phi) is 5.75. The highest BCUT2D eigenvalue weighted by Gasteiger charge is 2.30. The summed E-state index contributed by atoms with van der Waals surface area (Å²) in [6.45, 7) is 11.4. The van der Waals surface area contributed by atoms with Gasteiger partial charge in [0.15, 0.2) is 0 Å². The molecule has 1 aromatic rings. The van der Waals surface area contributed by atoms with Crippen molar-refractivity contribution in [2.75, 3.05) is 37.6 Å². The fraction of sp³-hybridized carbons (Fsp3) is 0.810. The lowest BCUT2D eigenvalue weighted by molar-refractivity contribution is 0.120. The summed E-state index contributed by atoms with van der Waals surface area (Å²) in [6.07, 6.45) is 11.1. The van der Waals surface area contributed by atoms with E-state index < -0.39 is 0 Å². The maximum atomic E-state index is 4.72. The van der Waals surface area contributed by atoms with Gasteiger partial charge in [0.2, 0.25) is 0 Å². The van der Waals surface area contributed by atoms with Crippen molar-refractivity contribution in [1.29, 1.82) is 0 Å². The molecule has 1 aliphatic carbocycles. The molecule has 3 heterocycles. The SMILES string of the molecule is CCCCC(C)N1CCc2c(ncnc2N2CCN(C3CCC3)CC2)C1. The van der Waals surface area contributed by atoms with Crippen molar-refractivity contribution in [2.24, 2.45) is 0 Å². The van der Waals surface area contributed by atoms with Gasteiger partial charge in [-0.25, -0.2) is 9.97 Å². The topological polar surface area (TPSA) is 35.5 Å². The van der Waals surface area contributed by atoms with Gasteiger partial charge >= 0.3 is 0 Å². The zero-order valence-corrected chi connectivity index (χ0v) is 16.7. The second kappa shape index (κ2) is 8.22. The molecule has 1 atom stereocenters. The largest absolute Gasteiger partial charge is 0.354 e. The molecule has 3 aliphatic rings. The molecule has 2 fully saturated rings. The van der Waals surface area contributed by atoms with E-state index in [1.165, 1.54) is 68.7 Å². The predicted molar refractivity (Wildman–Crippen MR) is 107 cm³/mol. The first-order valence-corrected chi connectivity index (χ1v) is 10.8. The van der Waals surface area contributed by atoms with Crippen LogP contribution in [-0.4, -0.2) is 64.6 Å². The Balaban J connectivity index is 1.40. The Morgan fingerprint density at radius 3 is 2.62 bits per heavy atom. The zero-order valence-electron chi connectivity index (χ0n) is 16.7. The Morgan fingerprint density at radius 1 is 1.12 bits per heavy atom. The molecule has 0 radical (unpaired) electrons. The van der Waals surface area contributed by atoms with Gasteiger partial charge in [-0.15, -0.1) is 0 Å². The average molecular weight is 358 g/mol. The molecule has 0 N–H and O–H groups in total. The number of nitrogens with zero attached hydrogens (tertiary/aromatic N) is 5. The second-order valence-electron chi connectivity index (χ2n) is 8.44. The van der Waals surface area contributed by atoms with Crippen molar-refractivity contribution in [3.05, 3.63) is 17.6 Å². The van der Waals surface area contributed by atoms with Crippen LogP contribution in [0, 0.1) is 0 Å². The van der Waals surface area contributed by atoms with Crippen LogP contribution in [0.3, 0.4) is 0 Å². The average Bonchev–Trinajstić information content (AvgIpc) is 2.64. The fourth-order valence-electron chi connectivity index (χ4n) is 4.74. The molecule has 1 saturated carbocycles. The smallest absolute Gasteiger partial charge is 0.135 e. The van der Waals surface area contributed by atoms with Crippen molar-refractivity contribution >= 4 is 5.82 Å². The van der Waals surface area contributed by atoms with Gasteiger partial charge in [-0.05, 0) is 32.6 Å². The molecule has 5 heteroatoms. The van der Waals surface area contributed by atoms with Crippen molar-refractivity contribution in [3.8, 4) is 0 Å². The van der Waals surface area contributed by atoms with Gasteiger partial charge in [0.05, 0.1) is 5.69 Å². The van der Waals surface area contributed by atoms with Gasteiger partial charge in [-0.2, -0.15) is 0 Å². The van der Waals surface area contributed by atoms with Crippen LogP contribution in [0.5, 0.6) is 0 Å². The van der Waals surface area contributed by atoms with E-state index in [0.29, 0.717) is 6.04 Å². The quantitative estimate of drug-likeness (QED) is 0.782. The fourth-order valence-corrected chi connectivity index (χ4v) is 4.74. The number of anilines is 1. The van der Waals surface area contributed by atoms with E-state index in [0.717, 1.165) is 38.6 Å². The molecule has 0 aromatic carbocycles. The number of hydrogen-bond acceptors (Lipinski definition) is 5. The summed E-state index contributed by atoms with van der Waals surface area (Å²) in [7, 11) is 0. The Bertz CT molecular complexity index is 592. The van der Waals surface area contributed by atoms with E-state index in [1.54, 1.807) is 6.33 Å². The van der Waals surface area contributed by atoms with Gasteiger partial charge in [0.25, 0.3) is 0 Å². The van der Waals surface area contributed by atoms with Gasteiger partial charge in [-0.1, -0.05) is 26.2 Å².